The van der Waals surface area contributed by atoms with Crippen molar-refractivity contribution >= 4 is 21.6 Å². The first-order chi connectivity index (χ1) is 9.53. The molecule has 2 rings (SSSR count). The molecule has 0 unspecified atom stereocenters. The summed E-state index contributed by atoms with van der Waals surface area (Å²) in [7, 11) is 0. The standard InChI is InChI=1S/C15H23N3O2S/c1-8-9(2)21-13-11(8)12(19)17-10(18-13)7-16-14(3,4)15(5,6)20/h16,20H,7H2,1-6H3,(H,17,18,19). The molecule has 0 saturated carbocycles. The van der Waals surface area contributed by atoms with E-state index in [-0.39, 0.29) is 5.56 Å². The van der Waals surface area contributed by atoms with Crippen molar-refractivity contribution in [2.75, 3.05) is 0 Å². The Kier molecular flexibility index (Phi) is 3.99. The van der Waals surface area contributed by atoms with Crippen molar-refractivity contribution in [2.45, 2.75) is 59.2 Å². The van der Waals surface area contributed by atoms with Gasteiger partial charge in [0.25, 0.3) is 5.56 Å². The fraction of sp³-hybridized carbons (Fsp3) is 0.600. The van der Waals surface area contributed by atoms with Gasteiger partial charge in [-0.15, -0.1) is 11.3 Å². The van der Waals surface area contributed by atoms with Crippen LogP contribution in [0.2, 0.25) is 0 Å². The Morgan fingerprint density at radius 1 is 1.29 bits per heavy atom. The van der Waals surface area contributed by atoms with Gasteiger partial charge in [0.05, 0.1) is 17.5 Å². The first kappa shape index (κ1) is 16.1. The quantitative estimate of drug-likeness (QED) is 0.809. The summed E-state index contributed by atoms with van der Waals surface area (Å²) in [5.41, 5.74) is -0.477. The van der Waals surface area contributed by atoms with Gasteiger partial charge in [0.2, 0.25) is 0 Å². The number of aliphatic hydroxyl groups is 1. The number of hydrogen-bond donors (Lipinski definition) is 3. The molecular formula is C15H23N3O2S. The first-order valence-corrected chi connectivity index (χ1v) is 7.81. The number of fused-ring (bicyclic) bond motifs is 1. The second-order valence-electron chi connectivity index (χ2n) is 6.51. The monoisotopic (exact) mass is 309 g/mol. The van der Waals surface area contributed by atoms with Gasteiger partial charge in [-0.1, -0.05) is 0 Å². The van der Waals surface area contributed by atoms with Gasteiger partial charge in [-0.05, 0) is 47.1 Å². The Morgan fingerprint density at radius 3 is 2.48 bits per heavy atom. The lowest BCUT2D eigenvalue weighted by Gasteiger charge is -2.38. The number of hydrogen-bond acceptors (Lipinski definition) is 5. The van der Waals surface area contributed by atoms with Crippen molar-refractivity contribution < 1.29 is 5.11 Å². The maximum atomic E-state index is 12.2. The van der Waals surface area contributed by atoms with Crippen molar-refractivity contribution in [1.29, 1.82) is 0 Å². The molecule has 0 aliphatic rings. The second kappa shape index (κ2) is 5.19. The van der Waals surface area contributed by atoms with Gasteiger partial charge in [0.15, 0.2) is 0 Å². The number of H-pyrrole nitrogens is 1. The van der Waals surface area contributed by atoms with E-state index in [0.717, 1.165) is 15.3 Å². The van der Waals surface area contributed by atoms with Crippen LogP contribution in [0, 0.1) is 13.8 Å². The molecule has 0 aliphatic heterocycles. The van der Waals surface area contributed by atoms with E-state index in [1.807, 2.05) is 27.7 Å². The highest BCUT2D eigenvalue weighted by Crippen LogP contribution is 2.26. The number of aryl methyl sites for hydroxylation is 2. The molecule has 0 aromatic carbocycles. The van der Waals surface area contributed by atoms with Crippen LogP contribution in [0.5, 0.6) is 0 Å². The highest BCUT2D eigenvalue weighted by molar-refractivity contribution is 7.18. The predicted molar refractivity (Wildman–Crippen MR) is 86.9 cm³/mol. The summed E-state index contributed by atoms with van der Waals surface area (Å²) in [6.07, 6.45) is 0. The summed E-state index contributed by atoms with van der Waals surface area (Å²) in [5.74, 6) is 0.589. The zero-order chi connectivity index (χ0) is 16.0. The molecule has 2 heterocycles. The minimum atomic E-state index is -0.881. The van der Waals surface area contributed by atoms with Crippen LogP contribution >= 0.6 is 11.3 Å². The van der Waals surface area contributed by atoms with E-state index < -0.39 is 11.1 Å². The molecule has 0 bridgehead atoms. The van der Waals surface area contributed by atoms with Crippen molar-refractivity contribution in [3.63, 3.8) is 0 Å². The molecule has 0 amide bonds. The van der Waals surface area contributed by atoms with E-state index in [1.165, 1.54) is 11.3 Å². The van der Waals surface area contributed by atoms with Gasteiger partial charge in [-0.25, -0.2) is 4.98 Å². The van der Waals surface area contributed by atoms with Crippen LogP contribution in [0.3, 0.4) is 0 Å². The van der Waals surface area contributed by atoms with Crippen LogP contribution in [-0.2, 0) is 6.54 Å². The largest absolute Gasteiger partial charge is 0.389 e. The zero-order valence-electron chi connectivity index (χ0n) is 13.4. The second-order valence-corrected chi connectivity index (χ2v) is 7.72. The van der Waals surface area contributed by atoms with E-state index >= 15 is 0 Å². The van der Waals surface area contributed by atoms with E-state index in [1.54, 1.807) is 13.8 Å². The van der Waals surface area contributed by atoms with Crippen molar-refractivity contribution in [3.8, 4) is 0 Å². The maximum absolute atomic E-state index is 12.2. The lowest BCUT2D eigenvalue weighted by Crippen LogP contribution is -2.55. The van der Waals surface area contributed by atoms with Gasteiger partial charge in [-0.2, -0.15) is 0 Å². The van der Waals surface area contributed by atoms with Crippen LogP contribution in [-0.4, -0.2) is 26.2 Å². The van der Waals surface area contributed by atoms with Gasteiger partial charge in [-0.3, -0.25) is 4.79 Å². The normalized spacial score (nSPS) is 13.1. The van der Waals surface area contributed by atoms with Crippen molar-refractivity contribution in [3.05, 3.63) is 26.6 Å². The van der Waals surface area contributed by atoms with Gasteiger partial charge in [0, 0.05) is 10.4 Å². The van der Waals surface area contributed by atoms with Crippen LogP contribution in [0.15, 0.2) is 4.79 Å². The van der Waals surface area contributed by atoms with E-state index in [4.69, 9.17) is 0 Å². The number of rotatable bonds is 4. The minimum absolute atomic E-state index is 0.0975. The molecule has 6 heteroatoms. The summed E-state index contributed by atoms with van der Waals surface area (Å²) in [6, 6.07) is 0. The summed E-state index contributed by atoms with van der Waals surface area (Å²) in [5, 5.41) is 14.1. The smallest absolute Gasteiger partial charge is 0.259 e. The summed E-state index contributed by atoms with van der Waals surface area (Å²) < 4.78 is 0. The summed E-state index contributed by atoms with van der Waals surface area (Å²) >= 11 is 1.54. The third kappa shape index (κ3) is 3.02. The van der Waals surface area contributed by atoms with Crippen LogP contribution in [0.4, 0.5) is 0 Å². The Balaban J connectivity index is 2.31. The van der Waals surface area contributed by atoms with Crippen LogP contribution in [0.25, 0.3) is 10.2 Å². The number of nitrogens with zero attached hydrogens (tertiary/aromatic N) is 1. The minimum Gasteiger partial charge on any atom is -0.389 e. The Bertz CT molecular complexity index is 723. The summed E-state index contributed by atoms with van der Waals surface area (Å²) in [6.45, 7) is 11.7. The maximum Gasteiger partial charge on any atom is 0.259 e. The topological polar surface area (TPSA) is 78.0 Å². The molecule has 0 fully saturated rings. The molecule has 5 nitrogen and oxygen atoms in total. The average Bonchev–Trinajstić information content (AvgIpc) is 2.61. The third-order valence-corrected chi connectivity index (χ3v) is 5.42. The van der Waals surface area contributed by atoms with Crippen molar-refractivity contribution in [1.82, 2.24) is 15.3 Å². The molecule has 2 aromatic rings. The number of aromatic nitrogens is 2. The molecule has 2 aromatic heterocycles. The molecular weight excluding hydrogens is 286 g/mol. The molecule has 0 saturated heterocycles. The van der Waals surface area contributed by atoms with Gasteiger partial charge in [0.1, 0.15) is 10.7 Å². The highest BCUT2D eigenvalue weighted by Gasteiger charge is 2.34. The fourth-order valence-corrected chi connectivity index (χ4v) is 2.95. The molecule has 0 radical (unpaired) electrons. The average molecular weight is 309 g/mol. The summed E-state index contributed by atoms with van der Waals surface area (Å²) in [4.78, 5) is 21.4. The number of thiophene rings is 1. The SMILES string of the molecule is Cc1sc2nc(CNC(C)(C)C(C)(C)O)[nH]c(=O)c2c1C. The Labute approximate surface area is 128 Å². The van der Waals surface area contributed by atoms with E-state index in [0.29, 0.717) is 17.8 Å². The lowest BCUT2D eigenvalue weighted by molar-refractivity contribution is -0.00560. The predicted octanol–water partition coefficient (Wildman–Crippen LogP) is 2.24. The number of nitrogens with one attached hydrogen (secondary N) is 2. The molecule has 0 spiro atoms. The molecule has 0 aliphatic carbocycles. The van der Waals surface area contributed by atoms with E-state index in [9.17, 15) is 9.90 Å². The van der Waals surface area contributed by atoms with Crippen molar-refractivity contribution in [2.24, 2.45) is 0 Å². The molecule has 116 valence electrons. The molecule has 3 N–H and O–H groups in total. The Hall–Kier alpha value is -1.24. The first-order valence-electron chi connectivity index (χ1n) is 6.99. The van der Waals surface area contributed by atoms with Crippen LogP contribution < -0.4 is 10.9 Å². The molecule has 21 heavy (non-hydrogen) atoms. The van der Waals surface area contributed by atoms with Gasteiger partial charge < -0.3 is 15.4 Å². The van der Waals surface area contributed by atoms with Crippen LogP contribution in [0.1, 0.15) is 44.0 Å². The number of aromatic amines is 1. The Morgan fingerprint density at radius 2 is 1.90 bits per heavy atom. The third-order valence-electron chi connectivity index (χ3n) is 4.32. The highest BCUT2D eigenvalue weighted by atomic mass is 32.1. The van der Waals surface area contributed by atoms with E-state index in [2.05, 4.69) is 15.3 Å². The van der Waals surface area contributed by atoms with Gasteiger partial charge >= 0.3 is 0 Å². The zero-order valence-corrected chi connectivity index (χ0v) is 14.2. The lowest BCUT2D eigenvalue weighted by atomic mass is 9.86. The molecule has 0 atom stereocenters. The fourth-order valence-electron chi connectivity index (χ4n) is 1.90.